The summed E-state index contributed by atoms with van der Waals surface area (Å²) in [5.41, 5.74) is 0.198. The van der Waals surface area contributed by atoms with Gasteiger partial charge in [-0.05, 0) is 25.1 Å². The molecule has 2 N–H and O–H groups in total. The zero-order chi connectivity index (χ0) is 21.7. The van der Waals surface area contributed by atoms with Gasteiger partial charge in [-0.3, -0.25) is 20.2 Å². The first-order chi connectivity index (χ1) is 14.3. The Morgan fingerprint density at radius 3 is 2.60 bits per heavy atom. The maximum atomic E-state index is 12.1. The molecule has 2 aromatic carbocycles. The normalized spacial score (nSPS) is 11.9. The number of ether oxygens (including phenoxy) is 3. The summed E-state index contributed by atoms with van der Waals surface area (Å²) in [5, 5.41) is 15.4. The van der Waals surface area contributed by atoms with E-state index in [0.29, 0.717) is 30.4 Å². The first-order valence-electron chi connectivity index (χ1n) is 8.77. The average Bonchev–Trinajstić information content (AvgIpc) is 2.71. The van der Waals surface area contributed by atoms with E-state index in [1.54, 1.807) is 18.2 Å². The van der Waals surface area contributed by atoms with Crippen LogP contribution in [0.15, 0.2) is 36.4 Å². The fourth-order valence-electron chi connectivity index (χ4n) is 2.70. The number of nitrogens with one attached hydrogen (secondary N) is 2. The number of nitrogens with zero attached hydrogens (tertiary/aromatic N) is 1. The molecule has 0 atom stereocenters. The van der Waals surface area contributed by atoms with Gasteiger partial charge in [-0.2, -0.15) is 0 Å². The van der Waals surface area contributed by atoms with Crippen molar-refractivity contribution in [2.24, 2.45) is 0 Å². The topological polar surface area (TPSA) is 146 Å². The highest BCUT2D eigenvalue weighted by molar-refractivity contribution is 6.02. The van der Waals surface area contributed by atoms with Crippen molar-refractivity contribution in [3.8, 4) is 11.5 Å². The summed E-state index contributed by atoms with van der Waals surface area (Å²) in [6, 6.07) is 7.83. The van der Waals surface area contributed by atoms with E-state index in [4.69, 9.17) is 14.2 Å². The minimum absolute atomic E-state index is 0.0438. The van der Waals surface area contributed by atoms with Crippen molar-refractivity contribution >= 4 is 29.3 Å². The molecule has 0 aromatic heterocycles. The number of benzene rings is 2. The summed E-state index contributed by atoms with van der Waals surface area (Å²) in [6.45, 7) is 1.48. The second-order valence-electron chi connectivity index (χ2n) is 6.14. The summed E-state index contributed by atoms with van der Waals surface area (Å²) in [7, 11) is 0. The number of amides is 3. The monoisotopic (exact) mass is 415 g/mol. The maximum Gasteiger partial charge on any atom is 0.339 e. The third-order valence-electron chi connectivity index (χ3n) is 4.11. The fraction of sp³-hybridized carbons (Fsp3) is 0.211. The minimum atomic E-state index is -0.918. The first kappa shape index (κ1) is 20.6. The second kappa shape index (κ2) is 8.90. The smallest absolute Gasteiger partial charge is 0.339 e. The number of nitro groups is 1. The van der Waals surface area contributed by atoms with Crippen LogP contribution in [0.3, 0.4) is 0 Å². The van der Waals surface area contributed by atoms with Crippen LogP contribution >= 0.6 is 0 Å². The standard InChI is InChI=1S/C19H17N3O8/c1-11-13(3-2-4-14(11)22(26)27)18(24)30-10-17(23)21-19(25)20-12-5-6-15-16(9-12)29-8-7-28-15/h2-6,9H,7-8,10H2,1H3,(H2,20,21,23,25). The van der Waals surface area contributed by atoms with Gasteiger partial charge in [-0.1, -0.05) is 6.07 Å². The molecule has 0 bridgehead atoms. The highest BCUT2D eigenvalue weighted by Crippen LogP contribution is 2.32. The van der Waals surface area contributed by atoms with Crippen molar-refractivity contribution in [1.29, 1.82) is 0 Å². The van der Waals surface area contributed by atoms with E-state index < -0.39 is 29.4 Å². The van der Waals surface area contributed by atoms with Crippen LogP contribution in [-0.4, -0.2) is 42.7 Å². The lowest BCUT2D eigenvalue weighted by atomic mass is 10.1. The van der Waals surface area contributed by atoms with Crippen molar-refractivity contribution in [2.75, 3.05) is 25.1 Å². The van der Waals surface area contributed by atoms with Gasteiger partial charge in [0.15, 0.2) is 18.1 Å². The predicted octanol–water partition coefficient (Wildman–Crippen LogP) is 2.18. The summed E-state index contributed by atoms with van der Waals surface area (Å²) < 4.78 is 15.6. The number of rotatable bonds is 5. The van der Waals surface area contributed by atoms with Crippen molar-refractivity contribution < 1.29 is 33.5 Å². The van der Waals surface area contributed by atoms with Gasteiger partial charge in [0, 0.05) is 23.4 Å². The molecule has 0 spiro atoms. The van der Waals surface area contributed by atoms with E-state index >= 15 is 0 Å². The molecule has 0 aliphatic carbocycles. The van der Waals surface area contributed by atoms with E-state index in [1.165, 1.54) is 25.1 Å². The molecule has 156 valence electrons. The number of anilines is 1. The molecule has 2 aromatic rings. The Bertz CT molecular complexity index is 1020. The molecule has 1 aliphatic heterocycles. The molecule has 11 nitrogen and oxygen atoms in total. The van der Waals surface area contributed by atoms with E-state index in [9.17, 15) is 24.5 Å². The lowest BCUT2D eigenvalue weighted by Crippen LogP contribution is -2.37. The van der Waals surface area contributed by atoms with Crippen molar-refractivity contribution in [2.45, 2.75) is 6.92 Å². The highest BCUT2D eigenvalue weighted by Gasteiger charge is 2.20. The van der Waals surface area contributed by atoms with Crippen molar-refractivity contribution in [1.82, 2.24) is 5.32 Å². The third kappa shape index (κ3) is 4.82. The molecule has 1 aliphatic rings. The van der Waals surface area contributed by atoms with Crippen LogP contribution in [0.2, 0.25) is 0 Å². The molecule has 0 fully saturated rings. The Morgan fingerprint density at radius 1 is 1.13 bits per heavy atom. The van der Waals surface area contributed by atoms with Gasteiger partial charge in [0.25, 0.3) is 11.6 Å². The van der Waals surface area contributed by atoms with Crippen LogP contribution in [0.5, 0.6) is 11.5 Å². The van der Waals surface area contributed by atoms with Gasteiger partial charge in [-0.25, -0.2) is 9.59 Å². The van der Waals surface area contributed by atoms with Gasteiger partial charge >= 0.3 is 12.0 Å². The molecule has 3 rings (SSSR count). The molecule has 0 saturated heterocycles. The quantitative estimate of drug-likeness (QED) is 0.429. The Balaban J connectivity index is 1.52. The molecule has 0 saturated carbocycles. The summed E-state index contributed by atoms with van der Waals surface area (Å²) in [4.78, 5) is 46.2. The average molecular weight is 415 g/mol. The number of imide groups is 1. The molecule has 30 heavy (non-hydrogen) atoms. The van der Waals surface area contributed by atoms with Gasteiger partial charge in [0.1, 0.15) is 13.2 Å². The van der Waals surface area contributed by atoms with E-state index in [-0.39, 0.29) is 16.8 Å². The van der Waals surface area contributed by atoms with Gasteiger partial charge in [-0.15, -0.1) is 0 Å². The van der Waals surface area contributed by atoms with Gasteiger partial charge < -0.3 is 19.5 Å². The van der Waals surface area contributed by atoms with E-state index in [0.717, 1.165) is 0 Å². The predicted molar refractivity (Wildman–Crippen MR) is 103 cm³/mol. The molecule has 3 amide bonds. The Kier molecular flexibility index (Phi) is 6.11. The third-order valence-corrected chi connectivity index (χ3v) is 4.11. The molecule has 11 heteroatoms. The largest absolute Gasteiger partial charge is 0.486 e. The van der Waals surface area contributed by atoms with Crippen molar-refractivity contribution in [3.05, 3.63) is 57.6 Å². The van der Waals surface area contributed by atoms with Gasteiger partial charge in [0.2, 0.25) is 0 Å². The number of hydrogen-bond acceptors (Lipinski definition) is 8. The van der Waals surface area contributed by atoms with Crippen LogP contribution in [0.4, 0.5) is 16.2 Å². The van der Waals surface area contributed by atoms with Gasteiger partial charge in [0.05, 0.1) is 10.5 Å². The Hall–Kier alpha value is -4.15. The maximum absolute atomic E-state index is 12.1. The summed E-state index contributed by atoms with van der Waals surface area (Å²) >= 11 is 0. The van der Waals surface area contributed by atoms with E-state index in [2.05, 4.69) is 5.32 Å². The SMILES string of the molecule is Cc1c(C(=O)OCC(=O)NC(=O)Nc2ccc3c(c2)OCCO3)cccc1[N+](=O)[O-]. The molecular formula is C19H17N3O8. The zero-order valence-corrected chi connectivity index (χ0v) is 15.8. The summed E-state index contributed by atoms with van der Waals surface area (Å²) in [6.07, 6.45) is 0. The van der Waals surface area contributed by atoms with Crippen LogP contribution < -0.4 is 20.1 Å². The fourth-order valence-corrected chi connectivity index (χ4v) is 2.70. The molecule has 1 heterocycles. The Morgan fingerprint density at radius 2 is 1.87 bits per heavy atom. The molecule has 0 radical (unpaired) electrons. The van der Waals surface area contributed by atoms with Crippen LogP contribution in [-0.2, 0) is 9.53 Å². The number of esters is 1. The number of fused-ring (bicyclic) bond motifs is 1. The minimum Gasteiger partial charge on any atom is -0.486 e. The summed E-state index contributed by atoms with van der Waals surface area (Å²) in [5.74, 6) is -0.779. The number of urea groups is 1. The van der Waals surface area contributed by atoms with Crippen LogP contribution in [0.25, 0.3) is 0 Å². The van der Waals surface area contributed by atoms with Crippen molar-refractivity contribution in [3.63, 3.8) is 0 Å². The number of carbonyl (C=O) groups is 3. The molecular weight excluding hydrogens is 398 g/mol. The Labute approximate surface area is 170 Å². The highest BCUT2D eigenvalue weighted by atomic mass is 16.6. The number of hydrogen-bond donors (Lipinski definition) is 2. The zero-order valence-electron chi connectivity index (χ0n) is 15.8. The van der Waals surface area contributed by atoms with Crippen LogP contribution in [0.1, 0.15) is 15.9 Å². The van der Waals surface area contributed by atoms with Crippen LogP contribution in [0, 0.1) is 17.0 Å². The lowest BCUT2D eigenvalue weighted by Gasteiger charge is -2.19. The van der Waals surface area contributed by atoms with E-state index in [1.807, 2.05) is 5.32 Å². The number of nitro benzene ring substituents is 1. The lowest BCUT2D eigenvalue weighted by molar-refractivity contribution is -0.385. The first-order valence-corrected chi connectivity index (χ1v) is 8.77. The molecule has 0 unspecified atom stereocenters. The number of carbonyl (C=O) groups excluding carboxylic acids is 3. The second-order valence-corrected chi connectivity index (χ2v) is 6.14.